The summed E-state index contributed by atoms with van der Waals surface area (Å²) in [6.07, 6.45) is 8.46. The predicted molar refractivity (Wildman–Crippen MR) is 168 cm³/mol. The molecule has 0 bridgehead atoms. The molecule has 3 atom stereocenters. The third-order valence-electron chi connectivity index (χ3n) is 8.86. The number of carbonyl (C=O) groups is 1. The molecule has 8 heteroatoms. The Morgan fingerprint density at radius 1 is 1.16 bits per heavy atom. The zero-order valence-corrected chi connectivity index (χ0v) is 26.3. The molecule has 1 aliphatic carbocycles. The molecule has 2 heterocycles. The summed E-state index contributed by atoms with van der Waals surface area (Å²) >= 11 is 0. The Bertz CT molecular complexity index is 1430. The second-order valence-corrected chi connectivity index (χ2v) is 12.9. The van der Waals surface area contributed by atoms with E-state index in [0.29, 0.717) is 13.2 Å². The fraction of sp³-hybridized carbons (Fsp3) is 0.543. The number of rotatable bonds is 10. The summed E-state index contributed by atoms with van der Waals surface area (Å²) < 4.78 is 20.4. The Kier molecular flexibility index (Phi) is 9.59. The normalized spacial score (nSPS) is 22.5. The van der Waals surface area contributed by atoms with E-state index in [-0.39, 0.29) is 25.5 Å². The first-order chi connectivity index (χ1) is 20.6. The summed E-state index contributed by atoms with van der Waals surface area (Å²) in [7, 11) is 0. The van der Waals surface area contributed by atoms with Crippen molar-refractivity contribution in [3.63, 3.8) is 0 Å². The van der Waals surface area contributed by atoms with Crippen LogP contribution in [0.3, 0.4) is 0 Å². The van der Waals surface area contributed by atoms with Gasteiger partial charge in [0.1, 0.15) is 5.60 Å². The minimum atomic E-state index is -0.615. The number of ether oxygens (including phenoxy) is 3. The summed E-state index contributed by atoms with van der Waals surface area (Å²) in [4.78, 5) is 14.3. The molecular weight excluding hydrogens is 542 g/mol. The van der Waals surface area contributed by atoms with Crippen molar-refractivity contribution in [3.8, 4) is 0 Å². The molecule has 1 fully saturated rings. The van der Waals surface area contributed by atoms with Crippen LogP contribution in [-0.2, 0) is 26.0 Å². The van der Waals surface area contributed by atoms with E-state index in [4.69, 9.17) is 19.3 Å². The zero-order chi connectivity index (χ0) is 30.6. The number of hydrogen-bond donors (Lipinski definition) is 1. The van der Waals surface area contributed by atoms with Gasteiger partial charge in [-0.3, -0.25) is 0 Å². The van der Waals surface area contributed by atoms with Crippen molar-refractivity contribution in [2.75, 3.05) is 32.9 Å². The lowest BCUT2D eigenvalue weighted by atomic mass is 9.69. The molecule has 2 aromatic carbocycles. The fourth-order valence-electron chi connectivity index (χ4n) is 6.53. The van der Waals surface area contributed by atoms with Gasteiger partial charge >= 0.3 is 6.09 Å². The lowest BCUT2D eigenvalue weighted by Gasteiger charge is -2.39. The first-order valence-corrected chi connectivity index (χ1v) is 15.6. The lowest BCUT2D eigenvalue weighted by molar-refractivity contribution is -0.0366. The Morgan fingerprint density at radius 3 is 2.70 bits per heavy atom. The second-order valence-electron chi connectivity index (χ2n) is 12.9. The number of hydrogen-bond acceptors (Lipinski definition) is 6. The smallest absolute Gasteiger partial charge is 0.410 e. The van der Waals surface area contributed by atoms with E-state index in [1.165, 1.54) is 27.2 Å². The van der Waals surface area contributed by atoms with Gasteiger partial charge in [-0.1, -0.05) is 42.0 Å². The Morgan fingerprint density at radius 2 is 1.98 bits per heavy atom. The van der Waals surface area contributed by atoms with Gasteiger partial charge in [-0.15, -0.1) is 0 Å². The van der Waals surface area contributed by atoms with Gasteiger partial charge in [-0.05, 0) is 95.5 Å². The van der Waals surface area contributed by atoms with Crippen LogP contribution in [0.2, 0.25) is 0 Å². The van der Waals surface area contributed by atoms with Gasteiger partial charge in [0.05, 0.1) is 31.0 Å². The third kappa shape index (κ3) is 6.82. The second kappa shape index (κ2) is 13.2. The van der Waals surface area contributed by atoms with Crippen LogP contribution in [0.15, 0.2) is 60.3 Å². The first kappa shape index (κ1) is 31.2. The maximum atomic E-state index is 12.8. The molecule has 1 unspecified atom stereocenters. The predicted octanol–water partition coefficient (Wildman–Crippen LogP) is 6.49. The average Bonchev–Trinajstić information content (AvgIpc) is 3.54. The summed E-state index contributed by atoms with van der Waals surface area (Å²) in [5.74, 6) is 0. The van der Waals surface area contributed by atoms with Gasteiger partial charge in [0.2, 0.25) is 0 Å². The highest BCUT2D eigenvalue weighted by atomic mass is 16.6. The van der Waals surface area contributed by atoms with Gasteiger partial charge in [0.15, 0.2) is 6.23 Å². The largest absolute Gasteiger partial charge is 0.444 e. The molecule has 0 spiro atoms. The van der Waals surface area contributed by atoms with E-state index >= 15 is 0 Å². The summed E-state index contributed by atoms with van der Waals surface area (Å²) in [6, 6.07) is 15.3. The van der Waals surface area contributed by atoms with Crippen LogP contribution < -0.4 is 0 Å². The van der Waals surface area contributed by atoms with Crippen LogP contribution in [0.5, 0.6) is 0 Å². The van der Waals surface area contributed by atoms with E-state index in [2.05, 4.69) is 62.4 Å². The number of nitrogens with zero attached hydrogens (tertiary/aromatic N) is 3. The zero-order valence-electron chi connectivity index (χ0n) is 26.3. The number of aliphatic hydroxyl groups excluding tert-OH is 1. The van der Waals surface area contributed by atoms with Crippen molar-refractivity contribution in [2.24, 2.45) is 0 Å². The molecule has 5 rings (SSSR count). The van der Waals surface area contributed by atoms with Crippen LogP contribution in [0.1, 0.15) is 76.3 Å². The van der Waals surface area contributed by atoms with Crippen molar-refractivity contribution < 1.29 is 24.1 Å². The van der Waals surface area contributed by atoms with E-state index in [1.54, 1.807) is 0 Å². The van der Waals surface area contributed by atoms with Crippen molar-refractivity contribution in [2.45, 2.75) is 90.1 Å². The fourth-order valence-corrected chi connectivity index (χ4v) is 6.53. The minimum Gasteiger partial charge on any atom is -0.444 e. The SMILES string of the molecule is CC1=CC[C@@H](OCCN(CCO)C(=O)OC(C)(C)C)[C@]1(Cc1ccccc1C)c1ccc2c(cnn2C2CCCCO2)c1. The molecule has 8 nitrogen and oxygen atoms in total. The van der Waals surface area contributed by atoms with E-state index in [9.17, 15) is 9.90 Å². The molecule has 1 saturated heterocycles. The summed E-state index contributed by atoms with van der Waals surface area (Å²) in [5.41, 5.74) is 5.09. The van der Waals surface area contributed by atoms with Crippen molar-refractivity contribution in [1.29, 1.82) is 0 Å². The molecule has 0 radical (unpaired) electrons. The molecule has 232 valence electrons. The van der Waals surface area contributed by atoms with Gasteiger partial charge in [-0.25, -0.2) is 9.48 Å². The van der Waals surface area contributed by atoms with Crippen molar-refractivity contribution in [3.05, 3.63) is 77.0 Å². The van der Waals surface area contributed by atoms with E-state index in [1.807, 2.05) is 31.6 Å². The topological polar surface area (TPSA) is 86.0 Å². The van der Waals surface area contributed by atoms with Crippen molar-refractivity contribution >= 4 is 17.0 Å². The Labute approximate surface area is 255 Å². The lowest BCUT2D eigenvalue weighted by Crippen LogP contribution is -2.44. The van der Waals surface area contributed by atoms with Crippen LogP contribution in [0.25, 0.3) is 10.9 Å². The van der Waals surface area contributed by atoms with Gasteiger partial charge < -0.3 is 24.2 Å². The molecule has 3 aromatic rings. The van der Waals surface area contributed by atoms with Gasteiger partial charge in [0.25, 0.3) is 0 Å². The Balaban J connectivity index is 1.45. The number of carbonyl (C=O) groups excluding carboxylic acids is 1. The number of amides is 1. The van der Waals surface area contributed by atoms with Crippen LogP contribution in [0.4, 0.5) is 4.79 Å². The summed E-state index contributed by atoms with van der Waals surface area (Å²) in [6.45, 7) is 11.4. The molecular formula is C35H47N3O5. The van der Waals surface area contributed by atoms with Gasteiger partial charge in [-0.2, -0.15) is 5.10 Å². The number of aryl methyl sites for hydroxylation is 1. The number of fused-ring (bicyclic) bond motifs is 1. The molecule has 1 N–H and O–H groups in total. The molecule has 1 aliphatic heterocycles. The highest BCUT2D eigenvalue weighted by Crippen LogP contribution is 2.47. The average molecular weight is 590 g/mol. The highest BCUT2D eigenvalue weighted by Gasteiger charge is 2.46. The number of benzene rings is 2. The van der Waals surface area contributed by atoms with Crippen LogP contribution in [-0.4, -0.2) is 70.5 Å². The van der Waals surface area contributed by atoms with Crippen molar-refractivity contribution in [1.82, 2.24) is 14.7 Å². The Hall–Kier alpha value is -3.20. The maximum absolute atomic E-state index is 12.8. The number of aromatic nitrogens is 2. The first-order valence-electron chi connectivity index (χ1n) is 15.6. The summed E-state index contributed by atoms with van der Waals surface area (Å²) in [5, 5.41) is 15.5. The highest BCUT2D eigenvalue weighted by molar-refractivity contribution is 5.80. The van der Waals surface area contributed by atoms with E-state index < -0.39 is 17.1 Å². The standard InChI is InChI=1S/C35H47N3O5/c1-25-10-6-7-11-27(25)23-35(29-14-15-30-28(22-29)24-36-38(30)32-12-8-9-20-42-32)26(2)13-16-31(35)41-21-18-37(17-19-39)33(40)43-34(3,4)5/h6-7,10-11,13-15,22,24,31-32,39H,8-9,12,16-21,23H2,1-5H3/t31-,32?,35+/m1/s1. The molecule has 0 saturated carbocycles. The minimum absolute atomic E-state index is 0.0194. The maximum Gasteiger partial charge on any atom is 0.410 e. The van der Waals surface area contributed by atoms with E-state index in [0.717, 1.165) is 49.6 Å². The quantitative estimate of drug-likeness (QED) is 0.272. The third-order valence-corrected chi connectivity index (χ3v) is 8.86. The number of aliphatic hydroxyl groups is 1. The van der Waals surface area contributed by atoms with Crippen LogP contribution in [0, 0.1) is 6.92 Å². The molecule has 1 amide bonds. The monoisotopic (exact) mass is 589 g/mol. The van der Waals surface area contributed by atoms with Crippen LogP contribution >= 0.6 is 0 Å². The van der Waals surface area contributed by atoms with Gasteiger partial charge in [0, 0.05) is 30.5 Å². The molecule has 1 aromatic heterocycles. The molecule has 2 aliphatic rings. The molecule has 43 heavy (non-hydrogen) atoms.